The van der Waals surface area contributed by atoms with Gasteiger partial charge < -0.3 is 5.11 Å². The fraction of sp³-hybridized carbons (Fsp3) is 0.400. The molecule has 0 bridgehead atoms. The third-order valence-electron chi connectivity index (χ3n) is 4.15. The van der Waals surface area contributed by atoms with Gasteiger partial charge in [-0.3, -0.25) is 0 Å². The van der Waals surface area contributed by atoms with Crippen LogP contribution in [-0.2, 0) is 0 Å². The lowest BCUT2D eigenvalue weighted by Crippen LogP contribution is -2.04. The van der Waals surface area contributed by atoms with Crippen molar-refractivity contribution in [2.75, 3.05) is 0 Å². The Morgan fingerprint density at radius 3 is 1.90 bits per heavy atom. The zero-order valence-corrected chi connectivity index (χ0v) is 12.9. The molecule has 0 aliphatic carbocycles. The molecule has 0 saturated heterocycles. The van der Waals surface area contributed by atoms with Gasteiger partial charge in [-0.15, -0.1) is 0 Å². The average Bonchev–Trinajstić information content (AvgIpc) is 2.56. The van der Waals surface area contributed by atoms with Gasteiger partial charge in [0.2, 0.25) is 0 Å². The number of aliphatic hydroxyl groups excluding tert-OH is 1. The molecule has 0 spiro atoms. The molecule has 1 nitrogen and oxygen atoms in total. The summed E-state index contributed by atoms with van der Waals surface area (Å²) in [5, 5.41) is 10.3. The quantitative estimate of drug-likeness (QED) is 0.680. The summed E-state index contributed by atoms with van der Waals surface area (Å²) in [6, 6.07) is 20.7. The predicted octanol–water partition coefficient (Wildman–Crippen LogP) is 5.47. The van der Waals surface area contributed by atoms with E-state index < -0.39 is 0 Å². The molecule has 0 aliphatic heterocycles. The Labute approximate surface area is 128 Å². The van der Waals surface area contributed by atoms with Gasteiger partial charge in [0.1, 0.15) is 0 Å². The van der Waals surface area contributed by atoms with Gasteiger partial charge in [0.05, 0.1) is 6.10 Å². The van der Waals surface area contributed by atoms with Crippen LogP contribution in [0.15, 0.2) is 60.7 Å². The number of aliphatic hydroxyl groups is 1. The lowest BCUT2D eigenvalue weighted by Gasteiger charge is -2.19. The van der Waals surface area contributed by atoms with E-state index in [9.17, 15) is 5.11 Å². The van der Waals surface area contributed by atoms with Crippen molar-refractivity contribution in [3.8, 4) is 0 Å². The lowest BCUT2D eigenvalue weighted by atomic mass is 9.88. The van der Waals surface area contributed by atoms with Crippen LogP contribution in [0.2, 0.25) is 0 Å². The smallest absolute Gasteiger partial charge is 0.0790 e. The Bertz CT molecular complexity index is 492. The van der Waals surface area contributed by atoms with Crippen LogP contribution in [0, 0.1) is 0 Å². The summed E-state index contributed by atoms with van der Waals surface area (Å²) in [5.41, 5.74) is 2.44. The Hall–Kier alpha value is -1.60. The predicted molar refractivity (Wildman–Crippen MR) is 89.3 cm³/mol. The van der Waals surface area contributed by atoms with Crippen LogP contribution in [-0.4, -0.2) is 5.11 Å². The summed E-state index contributed by atoms with van der Waals surface area (Å²) in [5.74, 6) is 0.560. The van der Waals surface area contributed by atoms with Gasteiger partial charge in [0.25, 0.3) is 0 Å². The van der Waals surface area contributed by atoms with Gasteiger partial charge in [-0.2, -0.15) is 0 Å². The maximum atomic E-state index is 10.3. The normalized spacial score (nSPS) is 13.8. The third-order valence-corrected chi connectivity index (χ3v) is 4.15. The largest absolute Gasteiger partial charge is 0.388 e. The van der Waals surface area contributed by atoms with Gasteiger partial charge in [-0.25, -0.2) is 0 Å². The molecule has 2 aromatic rings. The van der Waals surface area contributed by atoms with Crippen molar-refractivity contribution < 1.29 is 5.11 Å². The van der Waals surface area contributed by atoms with Gasteiger partial charge in [0.15, 0.2) is 0 Å². The average molecular weight is 282 g/mol. The molecule has 1 heteroatoms. The van der Waals surface area contributed by atoms with Gasteiger partial charge in [0, 0.05) is 0 Å². The van der Waals surface area contributed by atoms with Crippen LogP contribution in [0.3, 0.4) is 0 Å². The highest BCUT2D eigenvalue weighted by Gasteiger charge is 2.14. The molecule has 2 rings (SSSR count). The molecule has 2 aromatic carbocycles. The monoisotopic (exact) mass is 282 g/mol. The van der Waals surface area contributed by atoms with Gasteiger partial charge in [-0.05, 0) is 36.3 Å². The Balaban J connectivity index is 1.96. The highest BCUT2D eigenvalue weighted by Crippen LogP contribution is 2.30. The molecule has 0 amide bonds. The van der Waals surface area contributed by atoms with E-state index in [4.69, 9.17) is 0 Å². The fourth-order valence-corrected chi connectivity index (χ4v) is 2.85. The van der Waals surface area contributed by atoms with Crippen LogP contribution in [0.5, 0.6) is 0 Å². The standard InChI is InChI=1S/C20H26O/c1-2-3-10-18(17-11-6-4-7-12-17)15-16-20(21)19-13-8-5-9-14-19/h4-9,11-14,18,20-21H,2-3,10,15-16H2,1H3. The molecular weight excluding hydrogens is 256 g/mol. The molecule has 0 fully saturated rings. The zero-order chi connectivity index (χ0) is 14.9. The first-order valence-electron chi connectivity index (χ1n) is 8.09. The first kappa shape index (κ1) is 15.8. The summed E-state index contributed by atoms with van der Waals surface area (Å²) in [7, 11) is 0. The molecule has 112 valence electrons. The van der Waals surface area contributed by atoms with Crippen LogP contribution in [0.1, 0.15) is 62.2 Å². The summed E-state index contributed by atoms with van der Waals surface area (Å²) >= 11 is 0. The van der Waals surface area contributed by atoms with Crippen molar-refractivity contribution in [1.82, 2.24) is 0 Å². The van der Waals surface area contributed by atoms with E-state index in [0.29, 0.717) is 5.92 Å². The molecule has 21 heavy (non-hydrogen) atoms. The second-order valence-corrected chi connectivity index (χ2v) is 5.75. The molecule has 1 N–H and O–H groups in total. The van der Waals surface area contributed by atoms with Gasteiger partial charge >= 0.3 is 0 Å². The Kier molecular flexibility index (Phi) is 6.49. The van der Waals surface area contributed by atoms with E-state index >= 15 is 0 Å². The fourth-order valence-electron chi connectivity index (χ4n) is 2.85. The summed E-state index contributed by atoms with van der Waals surface area (Å²) in [6.07, 6.45) is 5.21. The SMILES string of the molecule is CCCCC(CCC(O)c1ccccc1)c1ccccc1. The maximum Gasteiger partial charge on any atom is 0.0790 e. The lowest BCUT2D eigenvalue weighted by molar-refractivity contribution is 0.160. The number of benzene rings is 2. The van der Waals surface area contributed by atoms with Crippen molar-refractivity contribution in [1.29, 1.82) is 0 Å². The number of unbranched alkanes of at least 4 members (excludes halogenated alkanes) is 1. The van der Waals surface area contributed by atoms with Crippen molar-refractivity contribution in [3.63, 3.8) is 0 Å². The summed E-state index contributed by atoms with van der Waals surface area (Å²) in [6.45, 7) is 2.24. The van der Waals surface area contributed by atoms with Crippen molar-refractivity contribution >= 4 is 0 Å². The van der Waals surface area contributed by atoms with Crippen LogP contribution in [0.4, 0.5) is 0 Å². The summed E-state index contributed by atoms with van der Waals surface area (Å²) < 4.78 is 0. The maximum absolute atomic E-state index is 10.3. The van der Waals surface area contributed by atoms with E-state index in [2.05, 4.69) is 37.3 Å². The van der Waals surface area contributed by atoms with Crippen molar-refractivity contribution in [3.05, 3.63) is 71.8 Å². The van der Waals surface area contributed by atoms with Crippen LogP contribution >= 0.6 is 0 Å². The zero-order valence-electron chi connectivity index (χ0n) is 12.9. The Morgan fingerprint density at radius 1 is 0.762 bits per heavy atom. The molecule has 2 unspecified atom stereocenters. The molecule has 0 heterocycles. The summed E-state index contributed by atoms with van der Waals surface area (Å²) in [4.78, 5) is 0. The highest BCUT2D eigenvalue weighted by atomic mass is 16.3. The third kappa shape index (κ3) is 5.02. The topological polar surface area (TPSA) is 20.2 Å². The molecule has 0 saturated carbocycles. The number of rotatable bonds is 8. The first-order valence-corrected chi connectivity index (χ1v) is 8.09. The molecule has 0 aliphatic rings. The molecular formula is C20H26O. The van der Waals surface area contributed by atoms with Gasteiger partial charge in [-0.1, -0.05) is 80.4 Å². The van der Waals surface area contributed by atoms with Crippen molar-refractivity contribution in [2.24, 2.45) is 0 Å². The first-order chi connectivity index (χ1) is 10.3. The number of hydrogen-bond acceptors (Lipinski definition) is 1. The van der Waals surface area contributed by atoms with E-state index in [-0.39, 0.29) is 6.10 Å². The van der Waals surface area contributed by atoms with Crippen LogP contribution < -0.4 is 0 Å². The van der Waals surface area contributed by atoms with Crippen LogP contribution in [0.25, 0.3) is 0 Å². The van der Waals surface area contributed by atoms with E-state index in [1.807, 2.05) is 30.3 Å². The minimum atomic E-state index is -0.348. The number of hydrogen-bond donors (Lipinski definition) is 1. The molecule has 0 aromatic heterocycles. The van der Waals surface area contributed by atoms with E-state index in [1.54, 1.807) is 0 Å². The van der Waals surface area contributed by atoms with E-state index in [1.165, 1.54) is 24.8 Å². The second-order valence-electron chi connectivity index (χ2n) is 5.75. The molecule has 2 atom stereocenters. The van der Waals surface area contributed by atoms with Crippen molar-refractivity contribution in [2.45, 2.75) is 51.0 Å². The Morgan fingerprint density at radius 2 is 1.33 bits per heavy atom. The van der Waals surface area contributed by atoms with E-state index in [0.717, 1.165) is 18.4 Å². The molecule has 0 radical (unpaired) electrons. The second kappa shape index (κ2) is 8.63. The highest BCUT2D eigenvalue weighted by molar-refractivity contribution is 5.20. The minimum absolute atomic E-state index is 0.348. The minimum Gasteiger partial charge on any atom is -0.388 e.